The molecule has 0 spiro atoms. The van der Waals surface area contributed by atoms with Gasteiger partial charge >= 0.3 is 0 Å². The molecule has 0 atom stereocenters. The van der Waals surface area contributed by atoms with Gasteiger partial charge in [0.25, 0.3) is 5.91 Å². The molecule has 0 bridgehead atoms. The quantitative estimate of drug-likeness (QED) is 0.822. The van der Waals surface area contributed by atoms with Crippen LogP contribution in [0.1, 0.15) is 16.1 Å². The van der Waals surface area contributed by atoms with Gasteiger partial charge in [-0.2, -0.15) is 0 Å². The molecule has 0 saturated heterocycles. The second-order valence-corrected chi connectivity index (χ2v) is 3.51. The van der Waals surface area contributed by atoms with Crippen molar-refractivity contribution in [2.45, 2.75) is 6.92 Å². The third-order valence-corrected chi connectivity index (χ3v) is 2.17. The zero-order valence-electron chi connectivity index (χ0n) is 9.21. The fourth-order valence-electron chi connectivity index (χ4n) is 1.37. The van der Waals surface area contributed by atoms with Crippen LogP contribution >= 0.6 is 0 Å². The van der Waals surface area contributed by atoms with Gasteiger partial charge in [0.05, 0.1) is 11.8 Å². The van der Waals surface area contributed by atoms with Gasteiger partial charge in [-0.25, -0.2) is 4.98 Å². The Bertz CT molecular complexity index is 555. The van der Waals surface area contributed by atoms with Crippen LogP contribution in [0, 0.1) is 6.92 Å². The largest absolute Gasteiger partial charge is 0.505 e. The molecule has 5 heteroatoms. The van der Waals surface area contributed by atoms with Gasteiger partial charge in [-0.3, -0.25) is 9.78 Å². The molecule has 2 aromatic rings. The number of hydrogen-bond donors (Lipinski definition) is 2. The van der Waals surface area contributed by atoms with E-state index in [1.54, 1.807) is 12.1 Å². The van der Waals surface area contributed by atoms with E-state index < -0.39 is 5.91 Å². The number of hydrogen-bond acceptors (Lipinski definition) is 4. The number of carbonyl (C=O) groups excluding carboxylic acids is 1. The van der Waals surface area contributed by atoms with E-state index in [0.717, 1.165) is 5.69 Å². The predicted molar refractivity (Wildman–Crippen MR) is 62.8 cm³/mol. The number of aryl methyl sites for hydroxylation is 1. The summed E-state index contributed by atoms with van der Waals surface area (Å²) < 4.78 is 0. The van der Waals surface area contributed by atoms with Gasteiger partial charge in [-0.1, -0.05) is 6.07 Å². The highest BCUT2D eigenvalue weighted by Gasteiger charge is 2.11. The number of nitrogens with one attached hydrogen (secondary N) is 1. The summed E-state index contributed by atoms with van der Waals surface area (Å²) in [5.41, 5.74) is 0.977. The lowest BCUT2D eigenvalue weighted by atomic mass is 10.2. The van der Waals surface area contributed by atoms with Gasteiger partial charge < -0.3 is 10.4 Å². The monoisotopic (exact) mass is 229 g/mol. The lowest BCUT2D eigenvalue weighted by Crippen LogP contribution is -2.13. The third kappa shape index (κ3) is 2.57. The van der Waals surface area contributed by atoms with E-state index in [1.165, 1.54) is 18.5 Å². The zero-order valence-corrected chi connectivity index (χ0v) is 9.21. The van der Waals surface area contributed by atoms with E-state index in [4.69, 9.17) is 0 Å². The number of amides is 1. The highest BCUT2D eigenvalue weighted by Crippen LogP contribution is 2.15. The molecule has 0 aliphatic carbocycles. The molecular weight excluding hydrogens is 218 g/mol. The molecule has 0 unspecified atom stereocenters. The molecule has 2 aromatic heterocycles. The molecule has 2 rings (SSSR count). The Morgan fingerprint density at radius 2 is 2.18 bits per heavy atom. The Morgan fingerprint density at radius 3 is 2.88 bits per heavy atom. The van der Waals surface area contributed by atoms with Gasteiger partial charge in [0.2, 0.25) is 0 Å². The van der Waals surface area contributed by atoms with Gasteiger partial charge in [-0.05, 0) is 25.1 Å². The van der Waals surface area contributed by atoms with E-state index in [-0.39, 0.29) is 11.3 Å². The molecular formula is C12H11N3O2. The first-order valence-electron chi connectivity index (χ1n) is 5.05. The van der Waals surface area contributed by atoms with Crippen molar-refractivity contribution in [1.82, 2.24) is 9.97 Å². The minimum absolute atomic E-state index is 0.155. The normalized spacial score (nSPS) is 9.94. The Balaban J connectivity index is 2.20. The second kappa shape index (κ2) is 4.61. The number of carbonyl (C=O) groups is 1. The van der Waals surface area contributed by atoms with Gasteiger partial charge in [-0.15, -0.1) is 0 Å². The van der Waals surface area contributed by atoms with Crippen LogP contribution in [-0.4, -0.2) is 21.0 Å². The zero-order chi connectivity index (χ0) is 12.3. The minimum Gasteiger partial charge on any atom is -0.505 e. The topological polar surface area (TPSA) is 75.1 Å². The smallest absolute Gasteiger partial charge is 0.260 e. The number of rotatable bonds is 2. The summed E-state index contributed by atoms with van der Waals surface area (Å²) in [6, 6.07) is 6.76. The van der Waals surface area contributed by atoms with E-state index in [1.807, 2.05) is 13.0 Å². The van der Waals surface area contributed by atoms with E-state index in [0.29, 0.717) is 5.82 Å². The summed E-state index contributed by atoms with van der Waals surface area (Å²) in [7, 11) is 0. The number of pyridine rings is 2. The van der Waals surface area contributed by atoms with E-state index in [9.17, 15) is 9.90 Å². The maximum atomic E-state index is 11.8. The van der Waals surface area contributed by atoms with Crippen LogP contribution in [0.25, 0.3) is 0 Å². The van der Waals surface area contributed by atoms with Crippen LogP contribution in [0.15, 0.2) is 36.7 Å². The van der Waals surface area contributed by atoms with Crippen molar-refractivity contribution in [3.8, 4) is 5.75 Å². The summed E-state index contributed by atoms with van der Waals surface area (Å²) in [6.07, 6.45) is 2.66. The number of aromatic hydroxyl groups is 1. The van der Waals surface area contributed by atoms with Crippen LogP contribution in [0.5, 0.6) is 5.75 Å². The van der Waals surface area contributed by atoms with E-state index in [2.05, 4.69) is 15.3 Å². The van der Waals surface area contributed by atoms with Gasteiger partial charge in [0, 0.05) is 11.9 Å². The molecule has 17 heavy (non-hydrogen) atoms. The average Bonchev–Trinajstić information content (AvgIpc) is 2.29. The predicted octanol–water partition coefficient (Wildman–Crippen LogP) is 1.74. The van der Waals surface area contributed by atoms with Crippen LogP contribution in [0.4, 0.5) is 5.82 Å². The SMILES string of the molecule is Cc1cccc(NC(=O)c2ccncc2O)n1. The highest BCUT2D eigenvalue weighted by atomic mass is 16.3. The molecule has 0 aliphatic heterocycles. The molecule has 86 valence electrons. The first-order valence-corrected chi connectivity index (χ1v) is 5.05. The Hall–Kier alpha value is -2.43. The van der Waals surface area contributed by atoms with Crippen molar-refractivity contribution < 1.29 is 9.90 Å². The molecule has 0 aliphatic rings. The van der Waals surface area contributed by atoms with Crippen molar-refractivity contribution in [2.24, 2.45) is 0 Å². The maximum Gasteiger partial charge on any atom is 0.260 e. The summed E-state index contributed by atoms with van der Waals surface area (Å²) >= 11 is 0. The Kier molecular flexibility index (Phi) is 3.00. The molecule has 0 radical (unpaired) electrons. The van der Waals surface area contributed by atoms with Crippen LogP contribution in [0.3, 0.4) is 0 Å². The molecule has 2 N–H and O–H groups in total. The van der Waals surface area contributed by atoms with Crippen LogP contribution in [0.2, 0.25) is 0 Å². The van der Waals surface area contributed by atoms with Crippen molar-refractivity contribution >= 4 is 11.7 Å². The fraction of sp³-hybridized carbons (Fsp3) is 0.0833. The summed E-state index contributed by atoms with van der Waals surface area (Å²) in [5, 5.41) is 12.1. The lowest BCUT2D eigenvalue weighted by molar-refractivity contribution is 0.102. The Morgan fingerprint density at radius 1 is 1.35 bits per heavy atom. The van der Waals surface area contributed by atoms with Gasteiger partial charge in [0.15, 0.2) is 0 Å². The first kappa shape index (κ1) is 11.1. The molecule has 0 saturated carbocycles. The van der Waals surface area contributed by atoms with Crippen LogP contribution < -0.4 is 5.32 Å². The van der Waals surface area contributed by atoms with Gasteiger partial charge in [0.1, 0.15) is 11.6 Å². The molecule has 5 nitrogen and oxygen atoms in total. The third-order valence-electron chi connectivity index (χ3n) is 2.17. The van der Waals surface area contributed by atoms with Crippen LogP contribution in [-0.2, 0) is 0 Å². The standard InChI is InChI=1S/C12H11N3O2/c1-8-3-2-4-11(14-8)15-12(17)9-5-6-13-7-10(9)16/h2-7,16H,1H3,(H,14,15,17). The first-order chi connectivity index (χ1) is 8.16. The van der Waals surface area contributed by atoms with E-state index >= 15 is 0 Å². The van der Waals surface area contributed by atoms with Crippen molar-refractivity contribution in [1.29, 1.82) is 0 Å². The fourth-order valence-corrected chi connectivity index (χ4v) is 1.37. The second-order valence-electron chi connectivity index (χ2n) is 3.51. The summed E-state index contributed by atoms with van der Waals surface area (Å²) in [5.74, 6) is -0.119. The highest BCUT2D eigenvalue weighted by molar-refractivity contribution is 6.05. The summed E-state index contributed by atoms with van der Waals surface area (Å²) in [6.45, 7) is 1.83. The minimum atomic E-state index is -0.414. The average molecular weight is 229 g/mol. The molecule has 0 fully saturated rings. The van der Waals surface area contributed by atoms with Crippen molar-refractivity contribution in [3.63, 3.8) is 0 Å². The van der Waals surface area contributed by atoms with Crippen molar-refractivity contribution in [3.05, 3.63) is 47.9 Å². The number of anilines is 1. The lowest BCUT2D eigenvalue weighted by Gasteiger charge is -2.05. The Labute approximate surface area is 98.2 Å². The maximum absolute atomic E-state index is 11.8. The number of nitrogens with zero attached hydrogens (tertiary/aromatic N) is 2. The molecule has 1 amide bonds. The van der Waals surface area contributed by atoms with Crippen molar-refractivity contribution in [2.75, 3.05) is 5.32 Å². The molecule has 2 heterocycles. The summed E-state index contributed by atoms with van der Waals surface area (Å²) in [4.78, 5) is 19.6. The molecule has 0 aromatic carbocycles. The number of aromatic nitrogens is 2.